The van der Waals surface area contributed by atoms with Crippen molar-refractivity contribution in [3.63, 3.8) is 0 Å². The molecule has 1 aliphatic rings. The van der Waals surface area contributed by atoms with Crippen LogP contribution in [0.15, 0.2) is 5.11 Å². The molecular weight excluding hydrogens is 320 g/mol. The number of carbonyl (C=O) groups is 3. The van der Waals surface area contributed by atoms with Gasteiger partial charge in [0, 0.05) is 17.4 Å². The number of nitrogens with zero attached hydrogens (tertiary/aromatic N) is 4. The van der Waals surface area contributed by atoms with E-state index < -0.39 is 41.6 Å². The minimum absolute atomic E-state index is 0.0552. The first kappa shape index (κ1) is 19.6. The van der Waals surface area contributed by atoms with Crippen molar-refractivity contribution in [2.45, 2.75) is 44.9 Å². The highest BCUT2D eigenvalue weighted by molar-refractivity contribution is 5.84. The van der Waals surface area contributed by atoms with Gasteiger partial charge < -0.3 is 14.2 Å². The van der Waals surface area contributed by atoms with Crippen molar-refractivity contribution in [2.24, 2.45) is 11.0 Å². The monoisotopic (exact) mass is 342 g/mol. The molecule has 0 radical (unpaired) electrons. The Morgan fingerprint density at radius 1 is 1.25 bits per heavy atom. The van der Waals surface area contributed by atoms with Crippen LogP contribution in [-0.4, -0.2) is 61.4 Å². The van der Waals surface area contributed by atoms with Gasteiger partial charge in [0.05, 0.1) is 26.7 Å². The van der Waals surface area contributed by atoms with Gasteiger partial charge in [-0.15, -0.1) is 0 Å². The lowest BCUT2D eigenvalue weighted by atomic mass is 9.93. The highest BCUT2D eigenvalue weighted by Gasteiger charge is 2.50. The van der Waals surface area contributed by atoms with Crippen LogP contribution in [0.3, 0.4) is 0 Å². The van der Waals surface area contributed by atoms with E-state index in [0.29, 0.717) is 0 Å². The Morgan fingerprint density at radius 3 is 2.33 bits per heavy atom. The number of rotatable bonds is 4. The zero-order valence-corrected chi connectivity index (χ0v) is 14.4. The summed E-state index contributed by atoms with van der Waals surface area (Å²) in [5, 5.41) is 3.60. The lowest BCUT2D eigenvalue weighted by Gasteiger charge is -2.28. The maximum atomic E-state index is 12.4. The Bertz CT molecular complexity index is 552. The molecule has 0 bridgehead atoms. The molecule has 1 amide bonds. The Kier molecular flexibility index (Phi) is 6.42. The van der Waals surface area contributed by atoms with Crippen molar-refractivity contribution >= 4 is 18.0 Å². The third kappa shape index (κ3) is 4.76. The molecule has 0 aliphatic carbocycles. The topological polar surface area (TPSA) is 131 Å². The van der Waals surface area contributed by atoms with E-state index in [1.807, 2.05) is 0 Å². The van der Waals surface area contributed by atoms with Crippen LogP contribution in [0.4, 0.5) is 4.79 Å². The van der Waals surface area contributed by atoms with Crippen molar-refractivity contribution in [1.82, 2.24) is 4.90 Å². The normalized spacial score (nSPS) is 23.2. The summed E-state index contributed by atoms with van der Waals surface area (Å²) in [7, 11) is 2.38. The number of esters is 2. The van der Waals surface area contributed by atoms with Gasteiger partial charge in [-0.2, -0.15) is 0 Å². The molecular formula is C14H22N4O6. The SMILES string of the molecule is COC(=O)C[C@H]1[C@@H](N=[N+]=[N-])CN(C(=O)OC(C)(C)C)[C@@H]1C(=O)OC. The summed E-state index contributed by atoms with van der Waals surface area (Å²) in [4.78, 5) is 40.0. The van der Waals surface area contributed by atoms with Crippen molar-refractivity contribution in [1.29, 1.82) is 0 Å². The highest BCUT2D eigenvalue weighted by Crippen LogP contribution is 2.32. The van der Waals surface area contributed by atoms with Crippen LogP contribution < -0.4 is 0 Å². The van der Waals surface area contributed by atoms with Crippen LogP contribution in [0.5, 0.6) is 0 Å². The smallest absolute Gasteiger partial charge is 0.411 e. The molecule has 0 spiro atoms. The van der Waals surface area contributed by atoms with Crippen LogP contribution in [0.25, 0.3) is 10.4 Å². The van der Waals surface area contributed by atoms with Gasteiger partial charge in [0.25, 0.3) is 0 Å². The molecule has 0 N–H and O–H groups in total. The van der Waals surface area contributed by atoms with Crippen molar-refractivity contribution in [3.8, 4) is 0 Å². The van der Waals surface area contributed by atoms with E-state index in [0.717, 1.165) is 4.90 Å². The third-order valence-corrected chi connectivity index (χ3v) is 3.52. The van der Waals surface area contributed by atoms with Gasteiger partial charge in [-0.3, -0.25) is 9.69 Å². The Hall–Kier alpha value is -2.48. The van der Waals surface area contributed by atoms with Gasteiger partial charge in [-0.05, 0) is 26.3 Å². The number of methoxy groups -OCH3 is 2. The molecule has 3 atom stereocenters. The number of hydrogen-bond donors (Lipinski definition) is 0. The summed E-state index contributed by atoms with van der Waals surface area (Å²) in [6.07, 6.45) is -0.942. The van der Waals surface area contributed by atoms with Crippen molar-refractivity contribution in [2.75, 3.05) is 20.8 Å². The number of likely N-dealkylation sites (tertiary alicyclic amines) is 1. The van der Waals surface area contributed by atoms with E-state index >= 15 is 0 Å². The number of hydrogen-bond acceptors (Lipinski definition) is 7. The van der Waals surface area contributed by atoms with Crippen molar-refractivity contribution in [3.05, 3.63) is 10.4 Å². The molecule has 134 valence electrons. The maximum Gasteiger partial charge on any atom is 0.411 e. The third-order valence-electron chi connectivity index (χ3n) is 3.52. The molecule has 0 aromatic carbocycles. The number of carbonyl (C=O) groups excluding carboxylic acids is 3. The summed E-state index contributed by atoms with van der Waals surface area (Å²) in [5.41, 5.74) is 7.95. The molecule has 0 saturated carbocycles. The fraction of sp³-hybridized carbons (Fsp3) is 0.786. The Labute approximate surface area is 139 Å². The molecule has 0 aromatic heterocycles. The first-order chi connectivity index (χ1) is 11.1. The second-order valence-electron chi connectivity index (χ2n) is 6.32. The van der Waals surface area contributed by atoms with Gasteiger partial charge in [-0.1, -0.05) is 5.11 Å². The highest BCUT2D eigenvalue weighted by atomic mass is 16.6. The quantitative estimate of drug-likeness (QED) is 0.251. The number of amides is 1. The molecule has 10 heteroatoms. The Balaban J connectivity index is 3.17. The largest absolute Gasteiger partial charge is 0.469 e. The summed E-state index contributed by atoms with van der Waals surface area (Å²) in [6.45, 7) is 5.00. The second kappa shape index (κ2) is 7.87. The summed E-state index contributed by atoms with van der Waals surface area (Å²) in [6, 6.07) is -1.87. The van der Waals surface area contributed by atoms with Gasteiger partial charge in [0.2, 0.25) is 0 Å². The molecule has 1 saturated heterocycles. The van der Waals surface area contributed by atoms with E-state index in [-0.39, 0.29) is 13.0 Å². The first-order valence-electron chi connectivity index (χ1n) is 7.33. The van der Waals surface area contributed by atoms with Crippen LogP contribution in [-0.2, 0) is 23.8 Å². The standard InChI is InChI=1S/C14H22N4O6/c1-14(2,3)24-13(21)18-7-9(16-17-15)8(6-10(19)22-4)11(18)12(20)23-5/h8-9,11H,6-7H2,1-5H3/t8-,9-,11-/m0/s1. The first-order valence-corrected chi connectivity index (χ1v) is 7.33. The lowest BCUT2D eigenvalue weighted by molar-refractivity contribution is -0.148. The minimum atomic E-state index is -1.10. The zero-order chi connectivity index (χ0) is 18.5. The predicted molar refractivity (Wildman–Crippen MR) is 81.8 cm³/mol. The van der Waals surface area contributed by atoms with Crippen LogP contribution >= 0.6 is 0 Å². The average molecular weight is 342 g/mol. The number of ether oxygens (including phenoxy) is 3. The van der Waals surface area contributed by atoms with Gasteiger partial charge in [0.1, 0.15) is 11.6 Å². The Morgan fingerprint density at radius 2 is 1.88 bits per heavy atom. The second-order valence-corrected chi connectivity index (χ2v) is 6.32. The van der Waals surface area contributed by atoms with Crippen LogP contribution in [0.1, 0.15) is 27.2 Å². The summed E-state index contributed by atoms with van der Waals surface area (Å²) in [5.74, 6) is -2.06. The van der Waals surface area contributed by atoms with Gasteiger partial charge >= 0.3 is 18.0 Å². The summed E-state index contributed by atoms with van der Waals surface area (Å²) < 4.78 is 14.6. The molecule has 1 heterocycles. The van der Waals surface area contributed by atoms with Gasteiger partial charge in [0.15, 0.2) is 0 Å². The molecule has 24 heavy (non-hydrogen) atoms. The van der Waals surface area contributed by atoms with E-state index in [4.69, 9.17) is 15.0 Å². The fourth-order valence-electron chi connectivity index (χ4n) is 2.54. The predicted octanol–water partition coefficient (Wildman–Crippen LogP) is 1.64. The molecule has 1 aliphatic heterocycles. The van der Waals surface area contributed by atoms with Crippen LogP contribution in [0.2, 0.25) is 0 Å². The lowest BCUT2D eigenvalue weighted by Crippen LogP contribution is -2.46. The van der Waals surface area contributed by atoms with E-state index in [2.05, 4.69) is 14.8 Å². The number of azide groups is 1. The molecule has 0 unspecified atom stereocenters. The average Bonchev–Trinajstić information content (AvgIpc) is 2.83. The van der Waals surface area contributed by atoms with E-state index in [9.17, 15) is 14.4 Å². The van der Waals surface area contributed by atoms with E-state index in [1.54, 1.807) is 20.8 Å². The zero-order valence-electron chi connectivity index (χ0n) is 14.4. The molecule has 1 fully saturated rings. The van der Waals surface area contributed by atoms with Crippen molar-refractivity contribution < 1.29 is 28.6 Å². The van der Waals surface area contributed by atoms with E-state index in [1.165, 1.54) is 14.2 Å². The maximum absolute atomic E-state index is 12.4. The van der Waals surface area contributed by atoms with Crippen LogP contribution in [0, 0.1) is 5.92 Å². The fourth-order valence-corrected chi connectivity index (χ4v) is 2.54. The van der Waals surface area contributed by atoms with Gasteiger partial charge in [-0.25, -0.2) is 9.59 Å². The molecule has 10 nitrogen and oxygen atoms in total. The minimum Gasteiger partial charge on any atom is -0.469 e. The molecule has 0 aromatic rings. The summed E-state index contributed by atoms with van der Waals surface area (Å²) >= 11 is 0. The molecule has 1 rings (SSSR count).